The maximum Gasteiger partial charge on any atom is 0.146 e. The van der Waals surface area contributed by atoms with E-state index < -0.39 is 0 Å². The van der Waals surface area contributed by atoms with E-state index in [1.165, 1.54) is 0 Å². The number of likely N-dealkylation sites (N-methyl/N-ethyl adjacent to an activating group) is 1. The van der Waals surface area contributed by atoms with Gasteiger partial charge in [0.25, 0.3) is 0 Å². The molecule has 0 amide bonds. The lowest BCUT2D eigenvalue weighted by Gasteiger charge is -1.96. The van der Waals surface area contributed by atoms with Crippen LogP contribution in [0.25, 0.3) is 6.08 Å². The van der Waals surface area contributed by atoms with Crippen LogP contribution in [0.5, 0.6) is 0 Å². The first-order valence-electron chi connectivity index (χ1n) is 4.14. The molecule has 1 heterocycles. The predicted molar refractivity (Wildman–Crippen MR) is 56.9 cm³/mol. The lowest BCUT2D eigenvalue weighted by Crippen LogP contribution is -2.03. The number of hydrogen-bond acceptors (Lipinski definition) is 3. The van der Waals surface area contributed by atoms with Crippen molar-refractivity contribution in [2.75, 3.05) is 13.6 Å². The molecule has 0 radical (unpaired) electrons. The molecule has 1 aromatic rings. The van der Waals surface area contributed by atoms with Crippen LogP contribution in [0.15, 0.2) is 18.3 Å². The number of nitrogens with zero attached hydrogens (tertiary/aromatic N) is 2. The molecule has 0 aliphatic heterocycles. The highest BCUT2D eigenvalue weighted by molar-refractivity contribution is 6.30. The van der Waals surface area contributed by atoms with E-state index in [-0.39, 0.29) is 5.15 Å². The molecular formula is C10H10ClN3. The minimum absolute atomic E-state index is 0.248. The van der Waals surface area contributed by atoms with Crippen molar-refractivity contribution in [2.24, 2.45) is 0 Å². The van der Waals surface area contributed by atoms with Crippen LogP contribution in [0.2, 0.25) is 5.15 Å². The first kappa shape index (κ1) is 10.7. The maximum atomic E-state index is 8.70. The molecule has 1 rings (SSSR count). The molecule has 14 heavy (non-hydrogen) atoms. The summed E-state index contributed by atoms with van der Waals surface area (Å²) >= 11 is 5.69. The van der Waals surface area contributed by atoms with E-state index in [9.17, 15) is 0 Å². The average molecular weight is 208 g/mol. The van der Waals surface area contributed by atoms with Crippen molar-refractivity contribution in [1.29, 1.82) is 5.26 Å². The zero-order valence-corrected chi connectivity index (χ0v) is 8.54. The van der Waals surface area contributed by atoms with Gasteiger partial charge in [0, 0.05) is 12.7 Å². The molecule has 0 aromatic carbocycles. The van der Waals surface area contributed by atoms with E-state index >= 15 is 0 Å². The summed E-state index contributed by atoms with van der Waals surface area (Å²) in [7, 11) is 1.87. The Kier molecular flexibility index (Phi) is 4.11. The fourth-order valence-electron chi connectivity index (χ4n) is 0.947. The Morgan fingerprint density at radius 1 is 1.71 bits per heavy atom. The molecule has 0 unspecified atom stereocenters. The molecule has 0 aliphatic rings. The molecule has 1 N–H and O–H groups in total. The average Bonchev–Trinajstić information content (AvgIpc) is 2.21. The maximum absolute atomic E-state index is 8.70. The number of aromatic nitrogens is 1. The van der Waals surface area contributed by atoms with E-state index in [1.807, 2.05) is 25.3 Å². The van der Waals surface area contributed by atoms with Gasteiger partial charge in [-0.15, -0.1) is 0 Å². The van der Waals surface area contributed by atoms with Crippen LogP contribution in [0, 0.1) is 11.3 Å². The molecule has 0 bridgehead atoms. The third kappa shape index (κ3) is 2.84. The zero-order chi connectivity index (χ0) is 10.4. The molecule has 4 heteroatoms. The molecule has 0 spiro atoms. The van der Waals surface area contributed by atoms with Crippen molar-refractivity contribution in [2.45, 2.75) is 0 Å². The largest absolute Gasteiger partial charge is 0.316 e. The molecule has 0 atom stereocenters. The van der Waals surface area contributed by atoms with Gasteiger partial charge in [-0.2, -0.15) is 5.26 Å². The molecule has 1 aromatic heterocycles. The monoisotopic (exact) mass is 207 g/mol. The van der Waals surface area contributed by atoms with Crippen LogP contribution >= 0.6 is 11.6 Å². The second-order valence-electron chi connectivity index (χ2n) is 2.68. The van der Waals surface area contributed by atoms with Gasteiger partial charge in [-0.1, -0.05) is 23.8 Å². The van der Waals surface area contributed by atoms with Crippen molar-refractivity contribution in [1.82, 2.24) is 10.3 Å². The van der Waals surface area contributed by atoms with Crippen LogP contribution in [0.3, 0.4) is 0 Å². The lowest BCUT2D eigenvalue weighted by atomic mass is 10.2. The fourth-order valence-corrected chi connectivity index (χ4v) is 1.09. The van der Waals surface area contributed by atoms with Gasteiger partial charge in [0.15, 0.2) is 0 Å². The first-order valence-corrected chi connectivity index (χ1v) is 4.52. The minimum Gasteiger partial charge on any atom is -0.316 e. The Hall–Kier alpha value is -1.37. The summed E-state index contributed by atoms with van der Waals surface area (Å²) in [5.74, 6) is 0. The third-order valence-electron chi connectivity index (χ3n) is 1.61. The van der Waals surface area contributed by atoms with E-state index in [1.54, 1.807) is 12.3 Å². The molecule has 72 valence electrons. The number of nitrogens with one attached hydrogen (secondary N) is 1. The van der Waals surface area contributed by atoms with Gasteiger partial charge in [-0.25, -0.2) is 4.98 Å². The highest BCUT2D eigenvalue weighted by Gasteiger charge is 1.99. The van der Waals surface area contributed by atoms with E-state index in [0.29, 0.717) is 5.56 Å². The van der Waals surface area contributed by atoms with E-state index in [0.717, 1.165) is 12.1 Å². The van der Waals surface area contributed by atoms with Gasteiger partial charge in [0.05, 0.1) is 5.56 Å². The lowest BCUT2D eigenvalue weighted by molar-refractivity contribution is 0.922. The SMILES string of the molecule is CNCC=Cc1cnc(Cl)c(C#N)c1. The summed E-state index contributed by atoms with van der Waals surface area (Å²) in [5, 5.41) is 11.9. The smallest absolute Gasteiger partial charge is 0.146 e. The van der Waals surface area contributed by atoms with Gasteiger partial charge in [-0.05, 0) is 18.7 Å². The van der Waals surface area contributed by atoms with Crippen LogP contribution < -0.4 is 5.32 Å². The minimum atomic E-state index is 0.248. The molecular weight excluding hydrogens is 198 g/mol. The number of hydrogen-bond donors (Lipinski definition) is 1. The van der Waals surface area contributed by atoms with Gasteiger partial charge < -0.3 is 5.32 Å². The summed E-state index contributed by atoms with van der Waals surface area (Å²) < 4.78 is 0. The molecule has 0 saturated carbocycles. The highest BCUT2D eigenvalue weighted by atomic mass is 35.5. The Morgan fingerprint density at radius 3 is 3.14 bits per heavy atom. The third-order valence-corrected chi connectivity index (χ3v) is 1.91. The van der Waals surface area contributed by atoms with Crippen LogP contribution in [0.4, 0.5) is 0 Å². The molecule has 0 aliphatic carbocycles. The predicted octanol–water partition coefficient (Wildman–Crippen LogP) is 1.84. The van der Waals surface area contributed by atoms with Gasteiger partial charge in [0.2, 0.25) is 0 Å². The summed E-state index contributed by atoms with van der Waals surface area (Å²) in [5.41, 5.74) is 1.28. The Morgan fingerprint density at radius 2 is 2.50 bits per heavy atom. The zero-order valence-electron chi connectivity index (χ0n) is 7.79. The van der Waals surface area contributed by atoms with Crippen LogP contribution in [-0.4, -0.2) is 18.6 Å². The Labute approximate surface area is 88.0 Å². The second kappa shape index (κ2) is 5.38. The van der Waals surface area contributed by atoms with Gasteiger partial charge in [-0.3, -0.25) is 0 Å². The quantitative estimate of drug-likeness (QED) is 0.770. The topological polar surface area (TPSA) is 48.7 Å². The summed E-state index contributed by atoms with van der Waals surface area (Å²) in [6, 6.07) is 3.69. The summed E-state index contributed by atoms with van der Waals surface area (Å²) in [6.07, 6.45) is 5.47. The number of halogens is 1. The first-order chi connectivity index (χ1) is 6.77. The fraction of sp³-hybridized carbons (Fsp3) is 0.200. The molecule has 0 saturated heterocycles. The normalized spacial score (nSPS) is 10.4. The summed E-state index contributed by atoms with van der Waals surface area (Å²) in [4.78, 5) is 3.90. The number of pyridine rings is 1. The molecule has 3 nitrogen and oxygen atoms in total. The van der Waals surface area contributed by atoms with Gasteiger partial charge in [0.1, 0.15) is 11.2 Å². The van der Waals surface area contributed by atoms with Crippen molar-refractivity contribution < 1.29 is 0 Å². The van der Waals surface area contributed by atoms with Crippen molar-refractivity contribution >= 4 is 17.7 Å². The Balaban J connectivity index is 2.86. The van der Waals surface area contributed by atoms with Crippen molar-refractivity contribution in [3.8, 4) is 6.07 Å². The highest BCUT2D eigenvalue weighted by Crippen LogP contribution is 2.13. The second-order valence-corrected chi connectivity index (χ2v) is 3.04. The van der Waals surface area contributed by atoms with E-state index in [2.05, 4.69) is 10.3 Å². The van der Waals surface area contributed by atoms with E-state index in [4.69, 9.17) is 16.9 Å². The number of rotatable bonds is 3. The van der Waals surface area contributed by atoms with Crippen molar-refractivity contribution in [3.63, 3.8) is 0 Å². The summed E-state index contributed by atoms with van der Waals surface area (Å²) in [6.45, 7) is 0.782. The Bertz CT molecular complexity index is 379. The standard InChI is InChI=1S/C10H10ClN3/c1-13-4-2-3-8-5-9(6-12)10(11)14-7-8/h2-3,5,7,13H,4H2,1H3. The van der Waals surface area contributed by atoms with Gasteiger partial charge >= 0.3 is 0 Å². The number of nitriles is 1. The van der Waals surface area contributed by atoms with Crippen LogP contribution in [0.1, 0.15) is 11.1 Å². The van der Waals surface area contributed by atoms with Crippen LogP contribution in [-0.2, 0) is 0 Å². The molecule has 0 fully saturated rings. The van der Waals surface area contributed by atoms with Crippen molar-refractivity contribution in [3.05, 3.63) is 34.6 Å².